The molecule has 4 nitrogen and oxygen atoms in total. The van der Waals surface area contributed by atoms with E-state index in [1.165, 1.54) is 0 Å². The summed E-state index contributed by atoms with van der Waals surface area (Å²) in [6, 6.07) is 0.223. The average Bonchev–Trinajstić information content (AvgIpc) is 2.70. The largest absolute Gasteiger partial charge is 0.378 e. The first kappa shape index (κ1) is 14.1. The van der Waals surface area contributed by atoms with Crippen LogP contribution in [0.15, 0.2) is 0 Å². The lowest BCUT2D eigenvalue weighted by atomic mass is 10.1. The van der Waals surface area contributed by atoms with Crippen molar-refractivity contribution in [3.8, 4) is 0 Å². The SMILES string of the molecule is CC1(C)C2CN(C(=O)CC3COCCN3)CC21.Cl. The van der Waals surface area contributed by atoms with Crippen molar-refractivity contribution in [3.63, 3.8) is 0 Å². The van der Waals surface area contributed by atoms with Crippen molar-refractivity contribution in [2.24, 2.45) is 17.3 Å². The summed E-state index contributed by atoms with van der Waals surface area (Å²) in [7, 11) is 0. The monoisotopic (exact) mass is 274 g/mol. The first-order valence-electron chi connectivity index (χ1n) is 6.68. The summed E-state index contributed by atoms with van der Waals surface area (Å²) in [6.45, 7) is 8.91. The van der Waals surface area contributed by atoms with Crippen LogP contribution in [0.2, 0.25) is 0 Å². The molecule has 1 saturated carbocycles. The van der Waals surface area contributed by atoms with Crippen LogP contribution in [0.1, 0.15) is 20.3 Å². The number of piperidine rings is 1. The van der Waals surface area contributed by atoms with E-state index >= 15 is 0 Å². The molecule has 1 amide bonds. The maximum absolute atomic E-state index is 12.1. The van der Waals surface area contributed by atoms with Gasteiger partial charge in [-0.3, -0.25) is 4.79 Å². The van der Waals surface area contributed by atoms with Crippen LogP contribution >= 0.6 is 12.4 Å². The minimum atomic E-state index is 0. The van der Waals surface area contributed by atoms with E-state index in [1.54, 1.807) is 0 Å². The highest BCUT2D eigenvalue weighted by Gasteiger charge is 2.62. The molecule has 5 heteroatoms. The van der Waals surface area contributed by atoms with Crippen molar-refractivity contribution in [3.05, 3.63) is 0 Å². The third-order valence-corrected chi connectivity index (χ3v) is 4.89. The van der Waals surface area contributed by atoms with Crippen LogP contribution in [0.5, 0.6) is 0 Å². The van der Waals surface area contributed by atoms with Crippen molar-refractivity contribution < 1.29 is 9.53 Å². The second kappa shape index (κ2) is 4.99. The zero-order valence-corrected chi connectivity index (χ0v) is 12.0. The van der Waals surface area contributed by atoms with Crippen LogP contribution in [-0.4, -0.2) is 49.7 Å². The zero-order valence-electron chi connectivity index (χ0n) is 11.1. The Labute approximate surface area is 115 Å². The molecule has 0 spiro atoms. The number of fused-ring (bicyclic) bond motifs is 1. The lowest BCUT2D eigenvalue weighted by Crippen LogP contribution is -2.45. The van der Waals surface area contributed by atoms with Crippen molar-refractivity contribution >= 4 is 18.3 Å². The first-order valence-corrected chi connectivity index (χ1v) is 6.68. The molecule has 0 aromatic carbocycles. The summed E-state index contributed by atoms with van der Waals surface area (Å²) in [6.07, 6.45) is 0.597. The molecule has 2 aliphatic heterocycles. The molecule has 3 aliphatic rings. The summed E-state index contributed by atoms with van der Waals surface area (Å²) in [5.74, 6) is 1.81. The molecule has 2 heterocycles. The molecule has 1 aliphatic carbocycles. The zero-order chi connectivity index (χ0) is 12.0. The highest BCUT2D eigenvalue weighted by atomic mass is 35.5. The van der Waals surface area contributed by atoms with E-state index in [1.807, 2.05) is 0 Å². The van der Waals surface area contributed by atoms with Gasteiger partial charge in [-0.1, -0.05) is 13.8 Å². The Balaban J connectivity index is 0.00000120. The Kier molecular flexibility index (Phi) is 3.90. The summed E-state index contributed by atoms with van der Waals surface area (Å²) in [5.41, 5.74) is 0.489. The molecule has 0 bridgehead atoms. The maximum Gasteiger partial charge on any atom is 0.224 e. The van der Waals surface area contributed by atoms with Crippen molar-refractivity contribution in [1.82, 2.24) is 10.2 Å². The minimum absolute atomic E-state index is 0. The summed E-state index contributed by atoms with van der Waals surface area (Å²) in [4.78, 5) is 14.2. The van der Waals surface area contributed by atoms with Gasteiger partial charge in [-0.2, -0.15) is 0 Å². The Morgan fingerprint density at radius 2 is 2.06 bits per heavy atom. The van der Waals surface area contributed by atoms with E-state index in [9.17, 15) is 4.79 Å². The second-order valence-electron chi connectivity index (χ2n) is 6.26. The molecule has 2 saturated heterocycles. The molecule has 0 radical (unpaired) electrons. The predicted octanol–water partition coefficient (Wildman–Crippen LogP) is 0.901. The summed E-state index contributed by atoms with van der Waals surface area (Å²) < 4.78 is 5.38. The smallest absolute Gasteiger partial charge is 0.224 e. The van der Waals surface area contributed by atoms with Gasteiger partial charge in [0, 0.05) is 32.1 Å². The van der Waals surface area contributed by atoms with Crippen LogP contribution in [0.4, 0.5) is 0 Å². The molecule has 3 rings (SSSR count). The van der Waals surface area contributed by atoms with Gasteiger partial charge >= 0.3 is 0 Å². The van der Waals surface area contributed by atoms with Crippen molar-refractivity contribution in [2.45, 2.75) is 26.3 Å². The lowest BCUT2D eigenvalue weighted by Gasteiger charge is -2.27. The molecular formula is C13H23ClN2O2. The third-order valence-electron chi connectivity index (χ3n) is 4.89. The van der Waals surface area contributed by atoms with Gasteiger partial charge in [0.15, 0.2) is 0 Å². The van der Waals surface area contributed by atoms with Gasteiger partial charge in [-0.05, 0) is 17.3 Å². The number of amides is 1. The number of rotatable bonds is 2. The molecule has 3 unspecified atom stereocenters. The van der Waals surface area contributed by atoms with Crippen LogP contribution < -0.4 is 5.32 Å². The molecule has 0 aromatic heterocycles. The fraction of sp³-hybridized carbons (Fsp3) is 0.923. The Bertz CT molecular complexity index is 315. The van der Waals surface area contributed by atoms with E-state index in [-0.39, 0.29) is 18.4 Å². The average molecular weight is 275 g/mol. The van der Waals surface area contributed by atoms with Gasteiger partial charge in [-0.15, -0.1) is 12.4 Å². The topological polar surface area (TPSA) is 41.6 Å². The van der Waals surface area contributed by atoms with Crippen molar-refractivity contribution in [1.29, 1.82) is 0 Å². The Morgan fingerprint density at radius 1 is 1.39 bits per heavy atom. The Morgan fingerprint density at radius 3 is 2.61 bits per heavy atom. The van der Waals surface area contributed by atoms with Gasteiger partial charge < -0.3 is 15.0 Å². The van der Waals surface area contributed by atoms with Gasteiger partial charge in [-0.25, -0.2) is 0 Å². The molecule has 3 fully saturated rings. The highest BCUT2D eigenvalue weighted by molar-refractivity contribution is 5.85. The maximum atomic E-state index is 12.1. The second-order valence-corrected chi connectivity index (χ2v) is 6.26. The Hall–Kier alpha value is -0.320. The van der Waals surface area contributed by atoms with E-state index in [4.69, 9.17) is 4.74 Å². The molecule has 1 N–H and O–H groups in total. The normalized spacial score (nSPS) is 36.8. The van der Waals surface area contributed by atoms with Crippen LogP contribution in [0.3, 0.4) is 0 Å². The van der Waals surface area contributed by atoms with Gasteiger partial charge in [0.05, 0.1) is 13.2 Å². The van der Waals surface area contributed by atoms with Crippen LogP contribution in [0.25, 0.3) is 0 Å². The lowest BCUT2D eigenvalue weighted by molar-refractivity contribution is -0.132. The van der Waals surface area contributed by atoms with Crippen LogP contribution in [0, 0.1) is 17.3 Å². The minimum Gasteiger partial charge on any atom is -0.378 e. The molecule has 18 heavy (non-hydrogen) atoms. The van der Waals surface area contributed by atoms with E-state index in [0.717, 1.165) is 38.1 Å². The number of nitrogens with zero attached hydrogens (tertiary/aromatic N) is 1. The van der Waals surface area contributed by atoms with Crippen LogP contribution in [-0.2, 0) is 9.53 Å². The molecule has 3 atom stereocenters. The first-order chi connectivity index (χ1) is 8.09. The van der Waals surface area contributed by atoms with Gasteiger partial charge in [0.25, 0.3) is 0 Å². The van der Waals surface area contributed by atoms with E-state index in [0.29, 0.717) is 24.3 Å². The van der Waals surface area contributed by atoms with E-state index < -0.39 is 0 Å². The quantitative estimate of drug-likeness (QED) is 0.814. The van der Waals surface area contributed by atoms with Gasteiger partial charge in [0.2, 0.25) is 5.91 Å². The fourth-order valence-electron chi connectivity index (χ4n) is 3.43. The predicted molar refractivity (Wildman–Crippen MR) is 71.8 cm³/mol. The molecule has 0 aromatic rings. The fourth-order valence-corrected chi connectivity index (χ4v) is 3.43. The van der Waals surface area contributed by atoms with Gasteiger partial charge in [0.1, 0.15) is 0 Å². The summed E-state index contributed by atoms with van der Waals surface area (Å²) in [5, 5.41) is 3.34. The van der Waals surface area contributed by atoms with Crippen molar-refractivity contribution in [2.75, 3.05) is 32.8 Å². The number of carbonyl (C=O) groups excluding carboxylic acids is 1. The third kappa shape index (κ3) is 2.38. The number of morpholine rings is 1. The number of nitrogens with one attached hydrogen (secondary N) is 1. The number of carbonyl (C=O) groups is 1. The van der Waals surface area contributed by atoms with E-state index in [2.05, 4.69) is 24.1 Å². The molecule has 104 valence electrons. The number of likely N-dealkylation sites (tertiary alicyclic amines) is 1. The number of hydrogen-bond donors (Lipinski definition) is 1. The summed E-state index contributed by atoms with van der Waals surface area (Å²) >= 11 is 0. The highest BCUT2D eigenvalue weighted by Crippen LogP contribution is 2.61. The number of hydrogen-bond acceptors (Lipinski definition) is 3. The molecular weight excluding hydrogens is 252 g/mol. The number of halogens is 1. The standard InChI is InChI=1S/C13H22N2O2.ClH/c1-13(2)10-6-15(7-11(10)13)12(16)5-9-8-17-4-3-14-9;/h9-11,14H,3-8H2,1-2H3;1H. The number of ether oxygens (including phenoxy) is 1.